The summed E-state index contributed by atoms with van der Waals surface area (Å²) in [7, 11) is 0. The third-order valence-corrected chi connectivity index (χ3v) is 3.34. The van der Waals surface area contributed by atoms with Crippen LogP contribution in [-0.4, -0.2) is 5.11 Å². The van der Waals surface area contributed by atoms with E-state index in [4.69, 9.17) is 0 Å². The molecule has 0 bridgehead atoms. The predicted octanol–water partition coefficient (Wildman–Crippen LogP) is 5.33. The highest BCUT2D eigenvalue weighted by Gasteiger charge is 2.35. The lowest BCUT2D eigenvalue weighted by Crippen LogP contribution is -2.14. The van der Waals surface area contributed by atoms with Gasteiger partial charge in [0.25, 0.3) is 0 Å². The van der Waals surface area contributed by atoms with Crippen LogP contribution in [0.25, 0.3) is 0 Å². The molecule has 1 N–H and O–H groups in total. The number of aliphatic hydroxyl groups excluding tert-OH is 1. The molecule has 0 heterocycles. The van der Waals surface area contributed by atoms with Crippen molar-refractivity contribution in [3.8, 4) is 0 Å². The van der Waals surface area contributed by atoms with Crippen LogP contribution in [0.15, 0.2) is 22.7 Å². The minimum Gasteiger partial charge on any atom is -0.388 e. The maximum absolute atomic E-state index is 12.9. The van der Waals surface area contributed by atoms with Gasteiger partial charge < -0.3 is 5.11 Å². The molecule has 0 saturated heterocycles. The van der Waals surface area contributed by atoms with Crippen LogP contribution < -0.4 is 0 Å². The summed E-state index contributed by atoms with van der Waals surface area (Å²) in [6.45, 7) is 5.98. The van der Waals surface area contributed by atoms with Gasteiger partial charge in [0.15, 0.2) is 0 Å². The van der Waals surface area contributed by atoms with E-state index in [9.17, 15) is 18.3 Å². The zero-order chi connectivity index (χ0) is 14.8. The van der Waals surface area contributed by atoms with Crippen molar-refractivity contribution in [2.75, 3.05) is 0 Å². The Morgan fingerprint density at radius 1 is 1.21 bits per heavy atom. The molecule has 1 atom stereocenters. The van der Waals surface area contributed by atoms with Crippen molar-refractivity contribution >= 4 is 15.9 Å². The van der Waals surface area contributed by atoms with E-state index >= 15 is 0 Å². The van der Waals surface area contributed by atoms with Gasteiger partial charge in [-0.15, -0.1) is 0 Å². The molecular weight excluding hydrogens is 321 g/mol. The van der Waals surface area contributed by atoms with E-state index in [0.29, 0.717) is 17.3 Å². The Morgan fingerprint density at radius 2 is 1.79 bits per heavy atom. The molecule has 1 aromatic carbocycles. The summed E-state index contributed by atoms with van der Waals surface area (Å²) in [6, 6.07) is 3.86. The summed E-state index contributed by atoms with van der Waals surface area (Å²) < 4.78 is 39.1. The van der Waals surface area contributed by atoms with Crippen molar-refractivity contribution in [1.82, 2.24) is 0 Å². The molecule has 0 amide bonds. The maximum atomic E-state index is 12.9. The molecule has 0 fully saturated rings. The highest BCUT2D eigenvalue weighted by atomic mass is 79.9. The topological polar surface area (TPSA) is 20.2 Å². The molecule has 0 aliphatic rings. The molecule has 1 rings (SSSR count). The Hall–Kier alpha value is -0.550. The Kier molecular flexibility index (Phi) is 5.07. The van der Waals surface area contributed by atoms with Gasteiger partial charge in [-0.1, -0.05) is 42.8 Å². The van der Waals surface area contributed by atoms with Crippen molar-refractivity contribution in [2.45, 2.75) is 45.9 Å². The molecule has 0 spiro atoms. The fourth-order valence-corrected chi connectivity index (χ4v) is 2.15. The Bertz CT molecular complexity index is 435. The fraction of sp³-hybridized carbons (Fsp3) is 0.571. The molecular formula is C14H18BrF3O. The molecule has 0 aliphatic carbocycles. The van der Waals surface area contributed by atoms with E-state index < -0.39 is 17.8 Å². The maximum Gasteiger partial charge on any atom is 0.416 e. The number of hydrogen-bond acceptors (Lipinski definition) is 1. The second kappa shape index (κ2) is 5.83. The number of alkyl halides is 3. The van der Waals surface area contributed by atoms with Gasteiger partial charge in [0, 0.05) is 4.47 Å². The van der Waals surface area contributed by atoms with Gasteiger partial charge >= 0.3 is 6.18 Å². The normalized spacial score (nSPS) is 14.5. The lowest BCUT2D eigenvalue weighted by molar-refractivity contribution is -0.139. The first kappa shape index (κ1) is 16.5. The molecule has 1 unspecified atom stereocenters. The second-order valence-electron chi connectivity index (χ2n) is 5.84. The van der Waals surface area contributed by atoms with Gasteiger partial charge in [-0.3, -0.25) is 0 Å². The smallest absolute Gasteiger partial charge is 0.388 e. The third-order valence-electron chi connectivity index (χ3n) is 2.85. The van der Waals surface area contributed by atoms with E-state index in [1.165, 1.54) is 12.1 Å². The first-order valence-electron chi connectivity index (χ1n) is 6.05. The van der Waals surface area contributed by atoms with Crippen LogP contribution in [0.2, 0.25) is 0 Å². The van der Waals surface area contributed by atoms with Crippen LogP contribution in [0.1, 0.15) is 50.8 Å². The fourth-order valence-electron chi connectivity index (χ4n) is 1.79. The largest absolute Gasteiger partial charge is 0.416 e. The minimum atomic E-state index is -4.46. The summed E-state index contributed by atoms with van der Waals surface area (Å²) >= 11 is 3.03. The van der Waals surface area contributed by atoms with Crippen molar-refractivity contribution in [3.05, 3.63) is 33.8 Å². The molecule has 1 aromatic rings. The van der Waals surface area contributed by atoms with Crippen molar-refractivity contribution in [1.29, 1.82) is 0 Å². The van der Waals surface area contributed by atoms with Gasteiger partial charge in [-0.05, 0) is 36.0 Å². The van der Waals surface area contributed by atoms with Crippen LogP contribution in [0.5, 0.6) is 0 Å². The van der Waals surface area contributed by atoms with E-state index in [-0.39, 0.29) is 11.0 Å². The second-order valence-corrected chi connectivity index (χ2v) is 6.76. The van der Waals surface area contributed by atoms with E-state index in [0.717, 1.165) is 6.07 Å². The number of hydrogen-bond donors (Lipinski definition) is 1. The van der Waals surface area contributed by atoms with Crippen molar-refractivity contribution < 1.29 is 18.3 Å². The van der Waals surface area contributed by atoms with Crippen LogP contribution in [0.4, 0.5) is 13.2 Å². The van der Waals surface area contributed by atoms with E-state index in [1.807, 2.05) is 20.8 Å². The minimum absolute atomic E-state index is 0.0191. The van der Waals surface area contributed by atoms with Gasteiger partial charge in [0.2, 0.25) is 0 Å². The van der Waals surface area contributed by atoms with Crippen LogP contribution >= 0.6 is 15.9 Å². The zero-order valence-corrected chi connectivity index (χ0v) is 12.8. The molecule has 0 saturated carbocycles. The summed E-state index contributed by atoms with van der Waals surface area (Å²) in [5, 5.41) is 10.0. The standard InChI is InChI=1S/C14H18BrF3O/c1-13(2,3)7-6-12(19)10-5-4-9(15)8-11(10)14(16,17)18/h4-5,8,12,19H,6-7H2,1-3H3. The summed E-state index contributed by atoms with van der Waals surface area (Å²) in [5.74, 6) is 0. The van der Waals surface area contributed by atoms with Crippen molar-refractivity contribution in [2.24, 2.45) is 5.41 Å². The number of halogens is 4. The Balaban J connectivity index is 3.00. The van der Waals surface area contributed by atoms with E-state index in [2.05, 4.69) is 15.9 Å². The summed E-state index contributed by atoms with van der Waals surface area (Å²) in [4.78, 5) is 0. The highest BCUT2D eigenvalue weighted by molar-refractivity contribution is 9.10. The molecule has 5 heteroatoms. The number of benzene rings is 1. The first-order valence-corrected chi connectivity index (χ1v) is 6.85. The quantitative estimate of drug-likeness (QED) is 0.789. The Morgan fingerprint density at radius 3 is 2.26 bits per heavy atom. The zero-order valence-electron chi connectivity index (χ0n) is 11.2. The monoisotopic (exact) mass is 338 g/mol. The molecule has 1 nitrogen and oxygen atoms in total. The Labute approximate surface area is 120 Å². The van der Waals surface area contributed by atoms with Gasteiger partial charge in [-0.25, -0.2) is 0 Å². The van der Waals surface area contributed by atoms with Crippen LogP contribution in [-0.2, 0) is 6.18 Å². The van der Waals surface area contributed by atoms with Crippen LogP contribution in [0, 0.1) is 5.41 Å². The molecule has 0 aromatic heterocycles. The molecule has 108 valence electrons. The summed E-state index contributed by atoms with van der Waals surface area (Å²) in [6.07, 6.45) is -4.58. The van der Waals surface area contributed by atoms with Gasteiger partial charge in [0.05, 0.1) is 11.7 Å². The highest BCUT2D eigenvalue weighted by Crippen LogP contribution is 2.38. The number of rotatable bonds is 3. The third kappa shape index (κ3) is 5.15. The first-order chi connectivity index (χ1) is 8.50. The lowest BCUT2D eigenvalue weighted by atomic mass is 9.87. The predicted molar refractivity (Wildman–Crippen MR) is 72.8 cm³/mol. The average molecular weight is 339 g/mol. The molecule has 0 aliphatic heterocycles. The summed E-state index contributed by atoms with van der Waals surface area (Å²) in [5.41, 5.74) is -0.849. The lowest BCUT2D eigenvalue weighted by Gasteiger charge is -2.22. The van der Waals surface area contributed by atoms with Crippen LogP contribution in [0.3, 0.4) is 0 Å². The van der Waals surface area contributed by atoms with Gasteiger partial charge in [0.1, 0.15) is 0 Å². The van der Waals surface area contributed by atoms with Gasteiger partial charge in [-0.2, -0.15) is 13.2 Å². The SMILES string of the molecule is CC(C)(C)CCC(O)c1ccc(Br)cc1C(F)(F)F. The van der Waals surface area contributed by atoms with Crippen molar-refractivity contribution in [3.63, 3.8) is 0 Å². The van der Waals surface area contributed by atoms with E-state index in [1.54, 1.807) is 0 Å². The molecule has 19 heavy (non-hydrogen) atoms. The molecule has 0 radical (unpaired) electrons. The average Bonchev–Trinajstić information content (AvgIpc) is 2.23. The number of aliphatic hydroxyl groups is 1.